The third kappa shape index (κ3) is 4.78. The summed E-state index contributed by atoms with van der Waals surface area (Å²) in [5, 5.41) is 20.7. The van der Waals surface area contributed by atoms with Crippen LogP contribution in [0.25, 0.3) is 0 Å². The van der Waals surface area contributed by atoms with Crippen LogP contribution in [0.2, 0.25) is 0 Å². The summed E-state index contributed by atoms with van der Waals surface area (Å²) in [6.07, 6.45) is -0.346. The first kappa shape index (κ1) is 20.1. The van der Waals surface area contributed by atoms with Crippen molar-refractivity contribution in [3.63, 3.8) is 0 Å². The van der Waals surface area contributed by atoms with Crippen LogP contribution in [-0.4, -0.2) is 43.7 Å². The van der Waals surface area contributed by atoms with Gasteiger partial charge in [-0.3, -0.25) is 10.1 Å². The first-order chi connectivity index (χ1) is 13.5. The Bertz CT molecular complexity index is 958. The van der Waals surface area contributed by atoms with Crippen LogP contribution in [0.1, 0.15) is 23.9 Å². The topological polar surface area (TPSA) is 104 Å². The number of nitrogens with one attached hydrogen (secondary N) is 1. The van der Waals surface area contributed by atoms with Gasteiger partial charge in [-0.05, 0) is 26.0 Å². The molecule has 0 radical (unpaired) electrons. The number of rotatable bonds is 8. The number of methoxy groups -OCH3 is 1. The number of nitrogens with zero attached hydrogens (tertiary/aromatic N) is 5. The average Bonchev–Trinajstić information content (AvgIpc) is 3.25. The summed E-state index contributed by atoms with van der Waals surface area (Å²) in [6.45, 7) is 3.72. The van der Waals surface area contributed by atoms with Crippen LogP contribution < -0.4 is 14.8 Å². The van der Waals surface area contributed by atoms with Crippen LogP contribution in [0, 0.1) is 6.92 Å². The number of amides is 1. The molecule has 2 aromatic heterocycles. The number of aromatic nitrogens is 5. The van der Waals surface area contributed by atoms with Crippen molar-refractivity contribution in [2.45, 2.75) is 25.1 Å². The van der Waals surface area contributed by atoms with E-state index in [0.29, 0.717) is 27.6 Å². The highest BCUT2D eigenvalue weighted by Gasteiger charge is 2.19. The van der Waals surface area contributed by atoms with Crippen LogP contribution in [0.4, 0.5) is 5.13 Å². The van der Waals surface area contributed by atoms with Gasteiger partial charge in [0.25, 0.3) is 0 Å². The van der Waals surface area contributed by atoms with Crippen LogP contribution in [0.5, 0.6) is 11.5 Å². The van der Waals surface area contributed by atoms with E-state index in [4.69, 9.17) is 9.47 Å². The maximum atomic E-state index is 12.1. The van der Waals surface area contributed by atoms with Crippen molar-refractivity contribution in [3.05, 3.63) is 35.1 Å². The molecule has 1 unspecified atom stereocenters. The van der Waals surface area contributed by atoms with Gasteiger partial charge in [0.15, 0.2) is 28.6 Å². The molecule has 0 aliphatic heterocycles. The molecule has 1 atom stereocenters. The van der Waals surface area contributed by atoms with Gasteiger partial charge in [-0.25, -0.2) is 0 Å². The Morgan fingerprint density at radius 2 is 2.00 bits per heavy atom. The predicted octanol–water partition coefficient (Wildman–Crippen LogP) is 2.85. The Balaban J connectivity index is 1.60. The van der Waals surface area contributed by atoms with Crippen molar-refractivity contribution in [2.24, 2.45) is 7.05 Å². The third-order valence-corrected chi connectivity index (χ3v) is 5.48. The Morgan fingerprint density at radius 1 is 1.25 bits per heavy atom. The molecule has 0 fully saturated rings. The number of carbonyl (C=O) groups is 1. The summed E-state index contributed by atoms with van der Waals surface area (Å²) in [4.78, 5) is 12.1. The van der Waals surface area contributed by atoms with Crippen molar-refractivity contribution in [2.75, 3.05) is 18.2 Å². The van der Waals surface area contributed by atoms with E-state index in [9.17, 15) is 4.79 Å². The largest absolute Gasteiger partial charge is 0.493 e. The van der Waals surface area contributed by atoms with Crippen molar-refractivity contribution in [1.29, 1.82) is 0 Å². The second kappa shape index (κ2) is 9.02. The van der Waals surface area contributed by atoms with Gasteiger partial charge in [0.2, 0.25) is 11.0 Å². The van der Waals surface area contributed by atoms with Gasteiger partial charge >= 0.3 is 0 Å². The molecule has 1 N–H and O–H groups in total. The minimum Gasteiger partial charge on any atom is -0.493 e. The Kier molecular flexibility index (Phi) is 6.47. The second-order valence-corrected chi connectivity index (χ2v) is 7.90. The summed E-state index contributed by atoms with van der Waals surface area (Å²) < 4.78 is 13.1. The second-order valence-electron chi connectivity index (χ2n) is 5.77. The SMILES string of the molecule is COc1ccccc1OC(C)c1nnc(SCC(=O)Nc2nnc(C)s2)n1C. The van der Waals surface area contributed by atoms with E-state index in [2.05, 4.69) is 25.7 Å². The zero-order valence-corrected chi connectivity index (χ0v) is 17.5. The molecule has 9 nitrogen and oxygen atoms in total. The van der Waals surface area contributed by atoms with E-state index in [-0.39, 0.29) is 17.8 Å². The molecule has 0 bridgehead atoms. The van der Waals surface area contributed by atoms with Crippen LogP contribution >= 0.6 is 23.1 Å². The van der Waals surface area contributed by atoms with Gasteiger partial charge in [0.05, 0.1) is 12.9 Å². The molecule has 28 heavy (non-hydrogen) atoms. The molecule has 3 aromatic rings. The molecule has 0 spiro atoms. The Hall–Kier alpha value is -2.66. The first-order valence-electron chi connectivity index (χ1n) is 8.39. The minimum absolute atomic E-state index is 0.177. The molecule has 0 aliphatic carbocycles. The van der Waals surface area contributed by atoms with Crippen molar-refractivity contribution >= 4 is 34.1 Å². The van der Waals surface area contributed by atoms with Gasteiger partial charge in [0.1, 0.15) is 5.01 Å². The summed E-state index contributed by atoms with van der Waals surface area (Å²) in [5.41, 5.74) is 0. The van der Waals surface area contributed by atoms with Crippen LogP contribution in [0.15, 0.2) is 29.4 Å². The van der Waals surface area contributed by atoms with Crippen LogP contribution in [0.3, 0.4) is 0 Å². The zero-order valence-electron chi connectivity index (χ0n) is 15.9. The quantitative estimate of drug-likeness (QED) is 0.555. The number of carbonyl (C=O) groups excluding carboxylic acids is 1. The fourth-order valence-corrected chi connectivity index (χ4v) is 3.72. The lowest BCUT2D eigenvalue weighted by atomic mass is 10.3. The number of hydrogen-bond donors (Lipinski definition) is 1. The number of anilines is 1. The number of ether oxygens (including phenoxy) is 2. The molecule has 0 aliphatic rings. The Labute approximate surface area is 170 Å². The fraction of sp³-hybridized carbons (Fsp3) is 0.353. The maximum absolute atomic E-state index is 12.1. The van der Waals surface area contributed by atoms with Gasteiger partial charge in [-0.15, -0.1) is 20.4 Å². The van der Waals surface area contributed by atoms with Crippen molar-refractivity contribution < 1.29 is 14.3 Å². The van der Waals surface area contributed by atoms with Gasteiger partial charge in [-0.2, -0.15) is 0 Å². The van der Waals surface area contributed by atoms with Gasteiger partial charge < -0.3 is 14.0 Å². The number of benzene rings is 1. The highest BCUT2D eigenvalue weighted by atomic mass is 32.2. The van der Waals surface area contributed by atoms with Crippen molar-refractivity contribution in [3.8, 4) is 11.5 Å². The summed E-state index contributed by atoms with van der Waals surface area (Å²) in [6, 6.07) is 7.42. The summed E-state index contributed by atoms with van der Waals surface area (Å²) in [5.74, 6) is 1.93. The number of thioether (sulfide) groups is 1. The van der Waals surface area contributed by atoms with E-state index in [1.165, 1.54) is 23.1 Å². The lowest BCUT2D eigenvalue weighted by Gasteiger charge is -2.16. The smallest absolute Gasteiger partial charge is 0.236 e. The number of para-hydroxylation sites is 2. The molecule has 0 saturated carbocycles. The van der Waals surface area contributed by atoms with E-state index < -0.39 is 0 Å². The van der Waals surface area contributed by atoms with E-state index in [1.807, 2.05) is 49.7 Å². The lowest BCUT2D eigenvalue weighted by Crippen LogP contribution is -2.14. The molecule has 2 heterocycles. The molecule has 3 rings (SSSR count). The summed E-state index contributed by atoms with van der Waals surface area (Å²) in [7, 11) is 3.43. The predicted molar refractivity (Wildman–Crippen MR) is 107 cm³/mol. The number of hydrogen-bond acceptors (Lipinski definition) is 9. The van der Waals surface area contributed by atoms with Gasteiger partial charge in [0, 0.05) is 7.05 Å². The molecule has 1 aromatic carbocycles. The summed E-state index contributed by atoms with van der Waals surface area (Å²) >= 11 is 2.62. The highest BCUT2D eigenvalue weighted by molar-refractivity contribution is 7.99. The average molecular weight is 421 g/mol. The standard InChI is InChI=1S/C17H20N6O3S2/c1-10(26-13-8-6-5-7-12(13)25-4)15-20-22-17(23(15)3)27-9-14(24)18-16-21-19-11(2)28-16/h5-8,10H,9H2,1-4H3,(H,18,21,24). The lowest BCUT2D eigenvalue weighted by molar-refractivity contribution is -0.113. The van der Waals surface area contributed by atoms with E-state index in [1.54, 1.807) is 7.11 Å². The monoisotopic (exact) mass is 420 g/mol. The van der Waals surface area contributed by atoms with Crippen molar-refractivity contribution in [1.82, 2.24) is 25.0 Å². The molecule has 148 valence electrons. The number of aryl methyl sites for hydroxylation is 1. The molecule has 0 saturated heterocycles. The third-order valence-electron chi connectivity index (χ3n) is 3.71. The first-order valence-corrected chi connectivity index (χ1v) is 10.2. The molecular weight excluding hydrogens is 400 g/mol. The fourth-order valence-electron chi connectivity index (χ4n) is 2.40. The van der Waals surface area contributed by atoms with Crippen LogP contribution in [-0.2, 0) is 11.8 Å². The minimum atomic E-state index is -0.346. The molecule has 1 amide bonds. The molecular formula is C17H20N6O3S2. The maximum Gasteiger partial charge on any atom is 0.236 e. The van der Waals surface area contributed by atoms with E-state index >= 15 is 0 Å². The Morgan fingerprint density at radius 3 is 2.68 bits per heavy atom. The highest BCUT2D eigenvalue weighted by Crippen LogP contribution is 2.30. The van der Waals surface area contributed by atoms with Gasteiger partial charge in [-0.1, -0.05) is 35.2 Å². The molecule has 11 heteroatoms. The van der Waals surface area contributed by atoms with E-state index in [0.717, 1.165) is 5.01 Å². The zero-order chi connectivity index (χ0) is 20.1. The normalized spacial score (nSPS) is 11.9.